The monoisotopic (exact) mass is 504 g/mol. The predicted molar refractivity (Wildman–Crippen MR) is 142 cm³/mol. The van der Waals surface area contributed by atoms with Crippen LogP contribution >= 0.6 is 11.8 Å². The first-order valence-electron chi connectivity index (χ1n) is 12.0. The van der Waals surface area contributed by atoms with Gasteiger partial charge in [-0.25, -0.2) is 4.39 Å². The van der Waals surface area contributed by atoms with Gasteiger partial charge in [0.25, 0.3) is 5.91 Å². The first-order chi connectivity index (χ1) is 17.5. The highest BCUT2D eigenvalue weighted by molar-refractivity contribution is 8.04. The van der Waals surface area contributed by atoms with Crippen molar-refractivity contribution in [1.82, 2.24) is 5.32 Å². The van der Waals surface area contributed by atoms with Crippen LogP contribution in [0.3, 0.4) is 0 Å². The molecule has 0 aromatic heterocycles. The van der Waals surface area contributed by atoms with Crippen LogP contribution in [0.25, 0.3) is 6.08 Å². The van der Waals surface area contributed by atoms with Gasteiger partial charge in [-0.15, -0.1) is 0 Å². The zero-order valence-corrected chi connectivity index (χ0v) is 21.2. The number of hydrogen-bond acceptors (Lipinski definition) is 4. The number of carbonyl (C=O) groups is 2. The average molecular weight is 505 g/mol. The van der Waals surface area contributed by atoms with Crippen molar-refractivity contribution < 1.29 is 18.7 Å². The number of nitrogens with zero attached hydrogens (tertiary/aromatic N) is 1. The third-order valence-corrected chi connectivity index (χ3v) is 6.93. The number of unbranched alkanes of at least 4 members (excludes halogenated alkanes) is 1. The number of anilines is 1. The van der Waals surface area contributed by atoms with Crippen LogP contribution < -0.4 is 15.0 Å². The first-order valence-corrected chi connectivity index (χ1v) is 12.8. The standard InChI is InChI=1S/C29H29FN2O3S/c1-3-4-17-35-23-15-13-21(14-16-23)20(2)31-28(33)19-32-25-11-7-8-12-26(25)36-27(29(32)34)18-22-9-5-6-10-24(22)30/h5-16,18,20H,3-4,17,19H2,1-2H3,(H,31,33)/b27-18-/t20-/m0/s1. The number of hydrogen-bond donors (Lipinski definition) is 1. The van der Waals surface area contributed by atoms with Gasteiger partial charge in [0.1, 0.15) is 18.1 Å². The van der Waals surface area contributed by atoms with Crippen molar-refractivity contribution in [3.05, 3.63) is 94.6 Å². The first kappa shape index (κ1) is 25.5. The lowest BCUT2D eigenvalue weighted by Crippen LogP contribution is -2.43. The molecular formula is C29H29FN2O3S. The number of fused-ring (bicyclic) bond motifs is 1. The number of thioether (sulfide) groups is 1. The molecule has 2 amide bonds. The molecule has 1 atom stereocenters. The minimum Gasteiger partial charge on any atom is -0.494 e. The van der Waals surface area contributed by atoms with Gasteiger partial charge in [-0.3, -0.25) is 14.5 Å². The lowest BCUT2D eigenvalue weighted by Gasteiger charge is -2.30. The third-order valence-electron chi connectivity index (χ3n) is 5.85. The molecule has 4 rings (SSSR count). The molecular weight excluding hydrogens is 475 g/mol. The summed E-state index contributed by atoms with van der Waals surface area (Å²) >= 11 is 1.28. The van der Waals surface area contributed by atoms with E-state index >= 15 is 0 Å². The maximum absolute atomic E-state index is 14.2. The number of para-hydroxylation sites is 1. The fourth-order valence-corrected chi connectivity index (χ4v) is 4.90. The van der Waals surface area contributed by atoms with Crippen LogP contribution in [0.15, 0.2) is 82.6 Å². The van der Waals surface area contributed by atoms with Crippen molar-refractivity contribution in [2.45, 2.75) is 37.6 Å². The van der Waals surface area contributed by atoms with Gasteiger partial charge in [0.15, 0.2) is 0 Å². The zero-order chi connectivity index (χ0) is 25.5. The van der Waals surface area contributed by atoms with Gasteiger partial charge < -0.3 is 10.1 Å². The number of carbonyl (C=O) groups excluding carboxylic acids is 2. The Bertz CT molecular complexity index is 1260. The minimum atomic E-state index is -0.405. The van der Waals surface area contributed by atoms with E-state index in [2.05, 4.69) is 12.2 Å². The van der Waals surface area contributed by atoms with E-state index in [9.17, 15) is 14.0 Å². The zero-order valence-electron chi connectivity index (χ0n) is 20.4. The normalized spacial score (nSPS) is 14.9. The van der Waals surface area contributed by atoms with Gasteiger partial charge in [-0.2, -0.15) is 0 Å². The van der Waals surface area contributed by atoms with E-state index in [-0.39, 0.29) is 24.4 Å². The lowest BCUT2D eigenvalue weighted by molar-refractivity contribution is -0.122. The maximum atomic E-state index is 14.2. The molecule has 5 nitrogen and oxygen atoms in total. The number of benzene rings is 3. The Labute approximate surface area is 215 Å². The summed E-state index contributed by atoms with van der Waals surface area (Å²) in [4.78, 5) is 29.0. The molecule has 1 N–H and O–H groups in total. The van der Waals surface area contributed by atoms with Gasteiger partial charge in [-0.1, -0.05) is 67.6 Å². The maximum Gasteiger partial charge on any atom is 0.265 e. The van der Waals surface area contributed by atoms with Crippen LogP contribution in [0.4, 0.5) is 10.1 Å². The third kappa shape index (κ3) is 6.15. The minimum absolute atomic E-state index is 0.145. The fraction of sp³-hybridized carbons (Fsp3) is 0.241. The summed E-state index contributed by atoms with van der Waals surface area (Å²) < 4.78 is 19.9. The average Bonchev–Trinajstić information content (AvgIpc) is 2.88. The Hall–Kier alpha value is -3.58. The van der Waals surface area contributed by atoms with Crippen molar-refractivity contribution in [3.63, 3.8) is 0 Å². The largest absolute Gasteiger partial charge is 0.494 e. The van der Waals surface area contributed by atoms with Crippen LogP contribution in [0, 0.1) is 5.82 Å². The van der Waals surface area contributed by atoms with Crippen LogP contribution in [0.2, 0.25) is 0 Å². The van der Waals surface area contributed by atoms with Gasteiger partial charge in [0.2, 0.25) is 5.91 Å². The van der Waals surface area contributed by atoms with E-state index < -0.39 is 5.82 Å². The quantitative estimate of drug-likeness (QED) is 0.272. The molecule has 3 aromatic rings. The SMILES string of the molecule is CCCCOc1ccc([C@H](C)NC(=O)CN2C(=O)/C(=C/c3ccccc3F)Sc3ccccc32)cc1. The Morgan fingerprint density at radius 2 is 1.81 bits per heavy atom. The van der Waals surface area contributed by atoms with Crippen LogP contribution in [0.5, 0.6) is 5.75 Å². The Morgan fingerprint density at radius 3 is 2.56 bits per heavy atom. The van der Waals surface area contributed by atoms with Gasteiger partial charge in [0.05, 0.1) is 23.2 Å². The molecule has 0 fully saturated rings. The molecule has 0 aliphatic carbocycles. The summed E-state index contributed by atoms with van der Waals surface area (Å²) in [6.07, 6.45) is 3.61. The smallest absolute Gasteiger partial charge is 0.265 e. The predicted octanol–water partition coefficient (Wildman–Crippen LogP) is 6.36. The molecule has 0 saturated carbocycles. The Morgan fingerprint density at radius 1 is 1.08 bits per heavy atom. The number of halogens is 1. The van der Waals surface area contributed by atoms with Crippen molar-refractivity contribution in [2.24, 2.45) is 0 Å². The lowest BCUT2D eigenvalue weighted by atomic mass is 10.1. The second-order valence-electron chi connectivity index (χ2n) is 8.55. The molecule has 0 radical (unpaired) electrons. The molecule has 0 saturated heterocycles. The molecule has 7 heteroatoms. The number of ether oxygens (including phenoxy) is 1. The molecule has 0 spiro atoms. The van der Waals surface area contributed by atoms with E-state index in [4.69, 9.17) is 4.74 Å². The number of rotatable bonds is 9. The molecule has 36 heavy (non-hydrogen) atoms. The highest BCUT2D eigenvalue weighted by atomic mass is 32.2. The molecule has 186 valence electrons. The topological polar surface area (TPSA) is 58.6 Å². The van der Waals surface area contributed by atoms with E-state index in [1.165, 1.54) is 28.8 Å². The summed E-state index contributed by atoms with van der Waals surface area (Å²) in [7, 11) is 0. The van der Waals surface area contributed by atoms with Crippen LogP contribution in [-0.4, -0.2) is 25.0 Å². The van der Waals surface area contributed by atoms with Crippen molar-refractivity contribution in [2.75, 3.05) is 18.1 Å². The summed E-state index contributed by atoms with van der Waals surface area (Å²) in [5, 5.41) is 2.98. The number of amides is 2. The molecule has 1 aliphatic rings. The van der Waals surface area contributed by atoms with E-state index in [1.54, 1.807) is 18.2 Å². The molecule has 1 heterocycles. The highest BCUT2D eigenvalue weighted by Gasteiger charge is 2.31. The van der Waals surface area contributed by atoms with E-state index in [0.29, 0.717) is 22.8 Å². The van der Waals surface area contributed by atoms with Crippen molar-refractivity contribution >= 4 is 35.3 Å². The second-order valence-corrected chi connectivity index (χ2v) is 9.64. The Balaban J connectivity index is 1.47. The summed E-state index contributed by atoms with van der Waals surface area (Å²) in [5.74, 6) is -0.227. The van der Waals surface area contributed by atoms with E-state index in [1.807, 2.05) is 55.5 Å². The summed E-state index contributed by atoms with van der Waals surface area (Å²) in [5.41, 5.74) is 1.93. The summed E-state index contributed by atoms with van der Waals surface area (Å²) in [6.45, 7) is 4.55. The van der Waals surface area contributed by atoms with Gasteiger partial charge >= 0.3 is 0 Å². The molecule has 0 bridgehead atoms. The Kier molecular flexibility index (Phi) is 8.44. The van der Waals surface area contributed by atoms with Gasteiger partial charge in [0, 0.05) is 10.5 Å². The summed E-state index contributed by atoms with van der Waals surface area (Å²) in [6, 6.07) is 21.1. The van der Waals surface area contributed by atoms with Gasteiger partial charge in [-0.05, 0) is 55.3 Å². The van der Waals surface area contributed by atoms with Crippen LogP contribution in [0.1, 0.15) is 43.9 Å². The van der Waals surface area contributed by atoms with Crippen molar-refractivity contribution in [3.8, 4) is 5.75 Å². The second kappa shape index (κ2) is 11.9. The van der Waals surface area contributed by atoms with E-state index in [0.717, 1.165) is 29.1 Å². The molecule has 3 aromatic carbocycles. The van der Waals surface area contributed by atoms with Crippen molar-refractivity contribution in [1.29, 1.82) is 0 Å². The highest BCUT2D eigenvalue weighted by Crippen LogP contribution is 2.42. The molecule has 1 aliphatic heterocycles. The van der Waals surface area contributed by atoms with Crippen LogP contribution in [-0.2, 0) is 9.59 Å². The fourth-order valence-electron chi connectivity index (χ4n) is 3.85. The molecule has 0 unspecified atom stereocenters. The number of nitrogens with one attached hydrogen (secondary N) is 1.